The van der Waals surface area contributed by atoms with Gasteiger partial charge in [0.15, 0.2) is 0 Å². The molecule has 3 aromatic rings. The summed E-state index contributed by atoms with van der Waals surface area (Å²) in [7, 11) is 0. The van der Waals surface area contributed by atoms with Crippen molar-refractivity contribution in [2.24, 2.45) is 0 Å². The molecule has 0 spiro atoms. The average Bonchev–Trinajstić information content (AvgIpc) is 2.65. The van der Waals surface area contributed by atoms with Crippen LogP contribution in [0.5, 0.6) is 0 Å². The lowest BCUT2D eigenvalue weighted by molar-refractivity contribution is 0.584. The van der Waals surface area contributed by atoms with Crippen LogP contribution in [0.2, 0.25) is 5.02 Å². The molecule has 4 nitrogen and oxygen atoms in total. The SMILES string of the molecule is Cc1cnc(Cc2ccc(-c3cc(F)cc(F)c3)nc2)[nH]c(=O)c(C)cc(Cl)c1. The number of hydrogen-bond donors (Lipinski definition) is 1. The standard InChI is InChI=1S/C22H18ClF2N3O/c1-13-5-17(23)6-14(2)22(29)28-21(27-11-13)7-15-3-4-20(26-12-15)16-8-18(24)10-19(25)9-16/h3-6,8-12H,7H2,1-2H3,(H,27,28,29). The predicted octanol–water partition coefficient (Wildman–Crippen LogP) is 5.10. The minimum Gasteiger partial charge on any atom is -0.310 e. The molecule has 0 fully saturated rings. The molecule has 148 valence electrons. The zero-order valence-corrected chi connectivity index (χ0v) is 16.6. The molecule has 1 aromatic carbocycles. The van der Waals surface area contributed by atoms with Gasteiger partial charge in [-0.2, -0.15) is 0 Å². The van der Waals surface area contributed by atoms with Gasteiger partial charge in [-0.25, -0.2) is 13.8 Å². The number of halogens is 3. The van der Waals surface area contributed by atoms with Crippen LogP contribution in [0.25, 0.3) is 11.3 Å². The maximum atomic E-state index is 13.4. The van der Waals surface area contributed by atoms with E-state index in [9.17, 15) is 13.6 Å². The van der Waals surface area contributed by atoms with Gasteiger partial charge < -0.3 is 4.98 Å². The molecule has 0 aliphatic carbocycles. The maximum absolute atomic E-state index is 13.4. The van der Waals surface area contributed by atoms with Crippen LogP contribution in [0.1, 0.15) is 22.5 Å². The first-order valence-corrected chi connectivity index (χ1v) is 9.19. The van der Waals surface area contributed by atoms with Crippen LogP contribution in [-0.2, 0) is 6.42 Å². The van der Waals surface area contributed by atoms with Gasteiger partial charge in [-0.1, -0.05) is 17.7 Å². The summed E-state index contributed by atoms with van der Waals surface area (Å²) < 4.78 is 26.8. The fourth-order valence-electron chi connectivity index (χ4n) is 2.70. The van der Waals surface area contributed by atoms with Gasteiger partial charge in [0.1, 0.15) is 17.5 Å². The second-order valence-corrected chi connectivity index (χ2v) is 7.08. The van der Waals surface area contributed by atoms with E-state index in [0.717, 1.165) is 17.2 Å². The van der Waals surface area contributed by atoms with E-state index < -0.39 is 11.6 Å². The van der Waals surface area contributed by atoms with Crippen molar-refractivity contribution in [3.05, 3.63) is 104 Å². The zero-order valence-electron chi connectivity index (χ0n) is 15.8. The average molecular weight is 414 g/mol. The van der Waals surface area contributed by atoms with Gasteiger partial charge >= 0.3 is 0 Å². The molecule has 0 saturated carbocycles. The summed E-state index contributed by atoms with van der Waals surface area (Å²) in [6.07, 6.45) is 3.52. The molecule has 29 heavy (non-hydrogen) atoms. The van der Waals surface area contributed by atoms with Gasteiger partial charge in [-0.3, -0.25) is 9.78 Å². The molecule has 0 saturated heterocycles. The third-order valence-electron chi connectivity index (χ3n) is 4.11. The largest absolute Gasteiger partial charge is 0.310 e. The number of hydrogen-bond acceptors (Lipinski definition) is 3. The summed E-state index contributed by atoms with van der Waals surface area (Å²) >= 11 is 6.09. The molecule has 0 aliphatic rings. The Kier molecular flexibility index (Phi) is 6.34. The summed E-state index contributed by atoms with van der Waals surface area (Å²) in [5.74, 6) is -0.881. The predicted molar refractivity (Wildman–Crippen MR) is 109 cm³/mol. The quantitative estimate of drug-likeness (QED) is 0.650. The summed E-state index contributed by atoms with van der Waals surface area (Å²) in [6, 6.07) is 10.0. The Morgan fingerprint density at radius 3 is 2.34 bits per heavy atom. The maximum Gasteiger partial charge on any atom is 0.252 e. The van der Waals surface area contributed by atoms with E-state index in [-0.39, 0.29) is 5.56 Å². The number of H-pyrrole nitrogens is 1. The van der Waals surface area contributed by atoms with Crippen LogP contribution in [0, 0.1) is 25.5 Å². The van der Waals surface area contributed by atoms with Gasteiger partial charge in [0.25, 0.3) is 5.56 Å². The van der Waals surface area contributed by atoms with Crippen LogP contribution in [0.4, 0.5) is 8.78 Å². The Bertz CT molecular complexity index is 1140. The third kappa shape index (κ3) is 5.68. The lowest BCUT2D eigenvalue weighted by Crippen LogP contribution is -2.10. The number of rotatable bonds is 3. The first kappa shape index (κ1) is 20.6. The Morgan fingerprint density at radius 1 is 0.966 bits per heavy atom. The summed E-state index contributed by atoms with van der Waals surface area (Å²) in [4.78, 5) is 23.7. The molecule has 7 heteroatoms. The van der Waals surface area contributed by atoms with Crippen molar-refractivity contribution in [2.75, 3.05) is 0 Å². The minimum atomic E-state index is -0.663. The van der Waals surface area contributed by atoms with Crippen molar-refractivity contribution < 1.29 is 8.78 Å². The van der Waals surface area contributed by atoms with Crippen molar-refractivity contribution >= 4 is 11.6 Å². The number of aromatic amines is 1. The number of pyridine rings is 1. The van der Waals surface area contributed by atoms with E-state index in [1.165, 1.54) is 12.1 Å². The summed E-state index contributed by atoms with van der Waals surface area (Å²) in [5.41, 5.74) is 2.55. The van der Waals surface area contributed by atoms with E-state index in [1.54, 1.807) is 43.6 Å². The Labute approximate surface area is 171 Å². The fraction of sp³-hybridized carbons (Fsp3) is 0.136. The van der Waals surface area contributed by atoms with E-state index in [4.69, 9.17) is 11.6 Å². The first-order chi connectivity index (χ1) is 13.8. The van der Waals surface area contributed by atoms with Gasteiger partial charge in [-0.05, 0) is 55.3 Å². The first-order valence-electron chi connectivity index (χ1n) is 8.82. The number of nitrogens with one attached hydrogen (secondary N) is 1. The number of nitrogens with zero attached hydrogens (tertiary/aromatic N) is 2. The highest BCUT2D eigenvalue weighted by Crippen LogP contribution is 2.20. The molecule has 0 radical (unpaired) electrons. The lowest BCUT2D eigenvalue weighted by atomic mass is 10.1. The molecule has 3 rings (SSSR count). The van der Waals surface area contributed by atoms with E-state index >= 15 is 0 Å². The molecule has 1 N–H and O–H groups in total. The van der Waals surface area contributed by atoms with Crippen molar-refractivity contribution in [1.29, 1.82) is 0 Å². The highest BCUT2D eigenvalue weighted by Gasteiger charge is 2.06. The monoisotopic (exact) mass is 413 g/mol. The molecule has 0 bridgehead atoms. The highest BCUT2D eigenvalue weighted by atomic mass is 35.5. The Morgan fingerprint density at radius 2 is 1.69 bits per heavy atom. The molecule has 0 atom stereocenters. The topological polar surface area (TPSA) is 58.6 Å². The van der Waals surface area contributed by atoms with Gasteiger partial charge in [0.05, 0.1) is 5.69 Å². The fourth-order valence-corrected chi connectivity index (χ4v) is 3.03. The minimum absolute atomic E-state index is 0.303. The second kappa shape index (κ2) is 8.92. The number of aromatic nitrogens is 3. The molecule has 2 heterocycles. The molecule has 0 aliphatic heterocycles. The van der Waals surface area contributed by atoms with Crippen molar-refractivity contribution in [3.63, 3.8) is 0 Å². The lowest BCUT2D eigenvalue weighted by Gasteiger charge is -2.04. The Balaban J connectivity index is 1.95. The van der Waals surface area contributed by atoms with Crippen LogP contribution in [0.15, 0.2) is 59.7 Å². The van der Waals surface area contributed by atoms with Crippen molar-refractivity contribution in [2.45, 2.75) is 20.3 Å². The zero-order chi connectivity index (χ0) is 21.0. The van der Waals surface area contributed by atoms with Gasteiger partial charge in [-0.15, -0.1) is 0 Å². The van der Waals surface area contributed by atoms with Crippen LogP contribution < -0.4 is 5.56 Å². The summed E-state index contributed by atoms with van der Waals surface area (Å²) in [5, 5.41) is 0.443. The smallest absolute Gasteiger partial charge is 0.252 e. The molecule has 0 unspecified atom stereocenters. The van der Waals surface area contributed by atoms with E-state index in [0.29, 0.717) is 34.1 Å². The van der Waals surface area contributed by atoms with Gasteiger partial charge in [0.2, 0.25) is 0 Å². The Hall–Kier alpha value is -3.12. The number of aryl methyl sites for hydroxylation is 2. The second-order valence-electron chi connectivity index (χ2n) is 6.65. The third-order valence-corrected chi connectivity index (χ3v) is 4.33. The van der Waals surface area contributed by atoms with Crippen LogP contribution >= 0.6 is 11.6 Å². The van der Waals surface area contributed by atoms with Crippen molar-refractivity contribution in [1.82, 2.24) is 15.0 Å². The molecule has 0 amide bonds. The molecular weight excluding hydrogens is 396 g/mol. The normalized spacial score (nSPS) is 10.5. The van der Waals surface area contributed by atoms with E-state index in [2.05, 4.69) is 15.0 Å². The highest BCUT2D eigenvalue weighted by molar-refractivity contribution is 6.30. The summed E-state index contributed by atoms with van der Waals surface area (Å²) in [6.45, 7) is 3.52. The van der Waals surface area contributed by atoms with Crippen LogP contribution in [0.3, 0.4) is 0 Å². The molecule has 2 aromatic heterocycles. The number of benzene rings is 1. The van der Waals surface area contributed by atoms with Crippen LogP contribution in [-0.4, -0.2) is 15.0 Å². The van der Waals surface area contributed by atoms with Gasteiger partial charge in [0, 0.05) is 41.0 Å². The molecular formula is C22H18ClF2N3O. The van der Waals surface area contributed by atoms with E-state index in [1.807, 2.05) is 6.92 Å². The van der Waals surface area contributed by atoms with Crippen molar-refractivity contribution in [3.8, 4) is 11.3 Å².